The van der Waals surface area contributed by atoms with Gasteiger partial charge in [-0.25, -0.2) is 14.8 Å². The van der Waals surface area contributed by atoms with Crippen molar-refractivity contribution in [1.29, 1.82) is 0 Å². The summed E-state index contributed by atoms with van der Waals surface area (Å²) in [5, 5.41) is 9.18. The molecule has 6 heteroatoms. The van der Waals surface area contributed by atoms with E-state index >= 15 is 0 Å². The predicted molar refractivity (Wildman–Crippen MR) is 84.2 cm³/mol. The van der Waals surface area contributed by atoms with Crippen LogP contribution in [-0.4, -0.2) is 27.7 Å². The largest absolute Gasteiger partial charge is 0.476 e. The van der Waals surface area contributed by atoms with Crippen molar-refractivity contribution in [3.05, 3.63) is 11.4 Å². The number of aromatic nitrogens is 2. The van der Waals surface area contributed by atoms with Gasteiger partial charge in [-0.15, -0.1) is 0 Å². The van der Waals surface area contributed by atoms with Crippen molar-refractivity contribution in [2.75, 3.05) is 12.3 Å². The molecule has 22 heavy (non-hydrogen) atoms. The number of nitrogen functional groups attached to an aromatic ring is 1. The molecule has 1 heterocycles. The first-order chi connectivity index (χ1) is 10.3. The zero-order chi connectivity index (χ0) is 16.3. The van der Waals surface area contributed by atoms with Crippen LogP contribution >= 0.6 is 0 Å². The van der Waals surface area contributed by atoms with Crippen LogP contribution in [0.3, 0.4) is 0 Å². The maximum atomic E-state index is 11.2. The maximum Gasteiger partial charge on any atom is 0.358 e. The summed E-state index contributed by atoms with van der Waals surface area (Å²) >= 11 is 0. The van der Waals surface area contributed by atoms with E-state index in [1.807, 2.05) is 0 Å². The average Bonchev–Trinajstić information content (AvgIpc) is 2.45. The predicted octanol–water partition coefficient (Wildman–Crippen LogP) is 3.23. The van der Waals surface area contributed by atoms with Gasteiger partial charge in [0.05, 0.1) is 6.61 Å². The summed E-state index contributed by atoms with van der Waals surface area (Å²) in [6, 6.07) is 0. The van der Waals surface area contributed by atoms with Crippen molar-refractivity contribution in [2.24, 2.45) is 5.41 Å². The van der Waals surface area contributed by atoms with Crippen LogP contribution in [0.4, 0.5) is 5.82 Å². The van der Waals surface area contributed by atoms with Crippen LogP contribution in [0.5, 0.6) is 5.88 Å². The molecule has 2 rings (SSSR count). The average molecular weight is 307 g/mol. The van der Waals surface area contributed by atoms with Gasteiger partial charge in [-0.2, -0.15) is 0 Å². The molecule has 0 bridgehead atoms. The van der Waals surface area contributed by atoms with Gasteiger partial charge in [-0.1, -0.05) is 40.0 Å². The van der Waals surface area contributed by atoms with Crippen molar-refractivity contribution >= 4 is 11.8 Å². The van der Waals surface area contributed by atoms with E-state index in [4.69, 9.17) is 10.5 Å². The van der Waals surface area contributed by atoms with E-state index < -0.39 is 5.97 Å². The summed E-state index contributed by atoms with van der Waals surface area (Å²) in [5.74, 6) is -0.633. The minimum atomic E-state index is -1.18. The third-order valence-electron chi connectivity index (χ3n) is 3.75. The number of hydrogen-bond acceptors (Lipinski definition) is 5. The number of hydrogen-bond donors (Lipinski definition) is 2. The molecule has 0 spiro atoms. The first kappa shape index (κ1) is 16.5. The highest BCUT2D eigenvalue weighted by Gasteiger charge is 2.26. The van der Waals surface area contributed by atoms with Crippen molar-refractivity contribution < 1.29 is 14.6 Å². The van der Waals surface area contributed by atoms with Crippen LogP contribution in [0, 0.1) is 5.41 Å². The number of aromatic carboxylic acids is 1. The molecule has 0 saturated heterocycles. The fourth-order valence-electron chi connectivity index (χ4n) is 2.64. The summed E-state index contributed by atoms with van der Waals surface area (Å²) in [5.41, 5.74) is 6.21. The number of carbonyl (C=O) groups is 1. The second kappa shape index (κ2) is 6.50. The van der Waals surface area contributed by atoms with Gasteiger partial charge in [0, 0.05) is 5.92 Å². The van der Waals surface area contributed by atoms with Crippen molar-refractivity contribution in [1.82, 2.24) is 9.97 Å². The molecular weight excluding hydrogens is 282 g/mol. The van der Waals surface area contributed by atoms with Crippen molar-refractivity contribution in [3.63, 3.8) is 0 Å². The molecule has 0 atom stereocenters. The smallest absolute Gasteiger partial charge is 0.358 e. The van der Waals surface area contributed by atoms with Crippen LogP contribution in [-0.2, 0) is 0 Å². The van der Waals surface area contributed by atoms with Gasteiger partial charge in [0.1, 0.15) is 5.69 Å². The Hall–Kier alpha value is -1.85. The molecule has 0 unspecified atom stereocenters. The van der Waals surface area contributed by atoms with Gasteiger partial charge < -0.3 is 15.6 Å². The third kappa shape index (κ3) is 4.08. The highest BCUT2D eigenvalue weighted by atomic mass is 16.5. The normalized spacial score (nSPS) is 16.5. The van der Waals surface area contributed by atoms with E-state index in [0.29, 0.717) is 18.2 Å². The molecule has 0 radical (unpaired) electrons. The Morgan fingerprint density at radius 1 is 1.27 bits per heavy atom. The van der Waals surface area contributed by atoms with Crippen molar-refractivity contribution in [2.45, 2.75) is 58.8 Å². The second-order valence-corrected chi connectivity index (χ2v) is 7.14. The number of anilines is 1. The van der Waals surface area contributed by atoms with Gasteiger partial charge in [0.25, 0.3) is 0 Å². The summed E-state index contributed by atoms with van der Waals surface area (Å²) in [4.78, 5) is 19.7. The van der Waals surface area contributed by atoms with E-state index in [2.05, 4.69) is 30.7 Å². The first-order valence-corrected chi connectivity index (χ1v) is 7.81. The molecule has 1 saturated carbocycles. The van der Waals surface area contributed by atoms with Gasteiger partial charge in [0.15, 0.2) is 11.5 Å². The van der Waals surface area contributed by atoms with Gasteiger partial charge in [-0.05, 0) is 18.3 Å². The molecule has 1 aromatic rings. The minimum absolute atomic E-state index is 0.0313. The van der Waals surface area contributed by atoms with E-state index in [0.717, 1.165) is 25.7 Å². The number of ether oxygens (including phenoxy) is 1. The summed E-state index contributed by atoms with van der Waals surface area (Å²) in [6.07, 6.45) is 5.56. The maximum absolute atomic E-state index is 11.2. The number of nitrogens with zero attached hydrogens (tertiary/aromatic N) is 2. The van der Waals surface area contributed by atoms with E-state index in [1.165, 1.54) is 6.42 Å². The lowest BCUT2D eigenvalue weighted by molar-refractivity contribution is 0.0689. The zero-order valence-corrected chi connectivity index (χ0v) is 13.6. The van der Waals surface area contributed by atoms with Gasteiger partial charge in [-0.3, -0.25) is 0 Å². The first-order valence-electron chi connectivity index (χ1n) is 7.81. The highest BCUT2D eigenvalue weighted by molar-refractivity contribution is 5.90. The molecule has 1 aliphatic carbocycles. The summed E-state index contributed by atoms with van der Waals surface area (Å²) < 4.78 is 5.81. The van der Waals surface area contributed by atoms with E-state index in [1.54, 1.807) is 0 Å². The quantitative estimate of drug-likeness (QED) is 0.886. The summed E-state index contributed by atoms with van der Waals surface area (Å²) in [7, 11) is 0. The minimum Gasteiger partial charge on any atom is -0.476 e. The molecule has 6 nitrogen and oxygen atoms in total. The van der Waals surface area contributed by atoms with Crippen LogP contribution in [0.25, 0.3) is 0 Å². The second-order valence-electron chi connectivity index (χ2n) is 7.14. The van der Waals surface area contributed by atoms with Gasteiger partial charge >= 0.3 is 5.97 Å². The molecular formula is C16H25N3O3. The number of rotatable bonds is 4. The topological polar surface area (TPSA) is 98.3 Å². The van der Waals surface area contributed by atoms with Crippen LogP contribution in [0.15, 0.2) is 0 Å². The number of nitrogens with two attached hydrogens (primary N) is 1. The Balaban J connectivity index is 2.36. The monoisotopic (exact) mass is 307 g/mol. The lowest BCUT2D eigenvalue weighted by atomic mass is 9.87. The van der Waals surface area contributed by atoms with Crippen LogP contribution in [0.1, 0.15) is 75.0 Å². The zero-order valence-electron chi connectivity index (χ0n) is 13.6. The molecule has 3 N–H and O–H groups in total. The standard InChI is InChI=1S/C16H25N3O3/c1-16(2,3)9-22-14-11(10-7-5-4-6-8-10)18-13(17)12(19-14)15(20)21/h10H,4-9H2,1-3H3,(H2,17,18)(H,20,21). The Kier molecular flexibility index (Phi) is 4.88. The summed E-state index contributed by atoms with van der Waals surface area (Å²) in [6.45, 7) is 6.60. The third-order valence-corrected chi connectivity index (χ3v) is 3.75. The number of carboxylic acids is 1. The molecule has 1 aliphatic rings. The molecule has 0 aromatic carbocycles. The Morgan fingerprint density at radius 3 is 2.45 bits per heavy atom. The van der Waals surface area contributed by atoms with E-state index in [-0.39, 0.29) is 22.8 Å². The van der Waals surface area contributed by atoms with Gasteiger partial charge in [0.2, 0.25) is 5.88 Å². The lowest BCUT2D eigenvalue weighted by Gasteiger charge is -2.25. The van der Waals surface area contributed by atoms with Crippen LogP contribution in [0.2, 0.25) is 0 Å². The fourth-order valence-corrected chi connectivity index (χ4v) is 2.64. The van der Waals surface area contributed by atoms with Crippen LogP contribution < -0.4 is 10.5 Å². The SMILES string of the molecule is CC(C)(C)COc1nc(C(=O)O)c(N)nc1C1CCCCC1. The Bertz CT molecular complexity index is 546. The molecule has 1 aromatic heterocycles. The molecule has 1 fully saturated rings. The molecule has 0 aliphatic heterocycles. The Labute approximate surface area is 131 Å². The van der Waals surface area contributed by atoms with Crippen molar-refractivity contribution in [3.8, 4) is 5.88 Å². The highest BCUT2D eigenvalue weighted by Crippen LogP contribution is 2.36. The molecule has 122 valence electrons. The Morgan fingerprint density at radius 2 is 1.91 bits per heavy atom. The lowest BCUT2D eigenvalue weighted by Crippen LogP contribution is -2.21. The molecule has 0 amide bonds. The fraction of sp³-hybridized carbons (Fsp3) is 0.688. The van der Waals surface area contributed by atoms with E-state index in [9.17, 15) is 9.90 Å². The number of carboxylic acid groups (broad SMARTS) is 1.